The highest BCUT2D eigenvalue weighted by atomic mass is 35.5. The largest absolute Gasteiger partial charge is 0.360 e. The second kappa shape index (κ2) is 5.21. The Kier molecular flexibility index (Phi) is 3.86. The van der Waals surface area contributed by atoms with Crippen LogP contribution in [0.25, 0.3) is 0 Å². The normalized spacial score (nSPS) is 14.2. The van der Waals surface area contributed by atoms with Gasteiger partial charge in [-0.3, -0.25) is 10.1 Å². The van der Waals surface area contributed by atoms with E-state index in [0.717, 1.165) is 12.8 Å². The van der Waals surface area contributed by atoms with E-state index in [0.29, 0.717) is 26.8 Å². The lowest BCUT2D eigenvalue weighted by Crippen LogP contribution is -2.40. The third kappa shape index (κ3) is 3.56. The number of hydrogen-bond donors (Lipinski definition) is 2. The van der Waals surface area contributed by atoms with Crippen LogP contribution < -0.4 is 10.6 Å². The number of nitrogens with one attached hydrogen (secondary N) is 2. The standard InChI is InChI=1S/C11H10Cl2N2OS/c12-6-1-4-8(9(13)5-6)10(16)15-11(17)14-7-2-3-7/h1,4-5,7H,2-3H2,(H2,14,15,16,17). The molecule has 0 aliphatic heterocycles. The van der Waals surface area contributed by atoms with Gasteiger partial charge in [0.1, 0.15) is 0 Å². The first-order valence-electron chi connectivity index (χ1n) is 5.13. The molecule has 6 heteroatoms. The lowest BCUT2D eigenvalue weighted by Gasteiger charge is -2.09. The second-order valence-electron chi connectivity index (χ2n) is 3.83. The Morgan fingerprint density at radius 3 is 2.65 bits per heavy atom. The van der Waals surface area contributed by atoms with Crippen LogP contribution in [0.2, 0.25) is 10.0 Å². The Bertz CT molecular complexity index is 475. The molecule has 17 heavy (non-hydrogen) atoms. The minimum Gasteiger partial charge on any atom is -0.360 e. The topological polar surface area (TPSA) is 41.1 Å². The molecule has 1 aromatic carbocycles. The summed E-state index contributed by atoms with van der Waals surface area (Å²) in [7, 11) is 0. The molecule has 0 radical (unpaired) electrons. The van der Waals surface area contributed by atoms with Crippen LogP contribution in [0.5, 0.6) is 0 Å². The van der Waals surface area contributed by atoms with Crippen molar-refractivity contribution in [1.82, 2.24) is 10.6 Å². The number of rotatable bonds is 2. The van der Waals surface area contributed by atoms with Crippen molar-refractivity contribution in [2.24, 2.45) is 0 Å². The van der Waals surface area contributed by atoms with Crippen molar-refractivity contribution in [2.45, 2.75) is 18.9 Å². The van der Waals surface area contributed by atoms with Gasteiger partial charge in [-0.05, 0) is 43.3 Å². The molecular weight excluding hydrogens is 279 g/mol. The van der Waals surface area contributed by atoms with Crippen molar-refractivity contribution in [3.8, 4) is 0 Å². The summed E-state index contributed by atoms with van der Waals surface area (Å²) in [5, 5.41) is 6.73. The zero-order valence-corrected chi connectivity index (χ0v) is 11.1. The fourth-order valence-corrected chi connectivity index (χ4v) is 2.05. The molecule has 1 fully saturated rings. The van der Waals surface area contributed by atoms with Gasteiger partial charge in [-0.2, -0.15) is 0 Å². The lowest BCUT2D eigenvalue weighted by molar-refractivity contribution is 0.0977. The van der Waals surface area contributed by atoms with Crippen LogP contribution in [0, 0.1) is 0 Å². The van der Waals surface area contributed by atoms with E-state index in [2.05, 4.69) is 10.6 Å². The van der Waals surface area contributed by atoms with Crippen molar-refractivity contribution in [2.75, 3.05) is 0 Å². The fourth-order valence-electron chi connectivity index (χ4n) is 1.29. The maximum atomic E-state index is 11.8. The maximum absolute atomic E-state index is 11.8. The molecule has 1 aromatic rings. The lowest BCUT2D eigenvalue weighted by atomic mass is 10.2. The molecule has 0 aromatic heterocycles. The van der Waals surface area contributed by atoms with Gasteiger partial charge >= 0.3 is 0 Å². The molecule has 1 saturated carbocycles. The molecule has 1 aliphatic carbocycles. The molecular formula is C11H10Cl2N2OS. The Labute approximate surface area is 114 Å². The van der Waals surface area contributed by atoms with E-state index in [-0.39, 0.29) is 5.91 Å². The van der Waals surface area contributed by atoms with E-state index in [1.807, 2.05) is 0 Å². The molecule has 90 valence electrons. The van der Waals surface area contributed by atoms with Crippen molar-refractivity contribution < 1.29 is 4.79 Å². The van der Waals surface area contributed by atoms with E-state index in [1.165, 1.54) is 6.07 Å². The summed E-state index contributed by atoms with van der Waals surface area (Å²) in [6.07, 6.45) is 2.19. The molecule has 2 rings (SSSR count). The summed E-state index contributed by atoms with van der Waals surface area (Å²) in [4.78, 5) is 11.8. The molecule has 0 atom stereocenters. The molecule has 1 aliphatic rings. The van der Waals surface area contributed by atoms with Crippen molar-refractivity contribution in [1.29, 1.82) is 0 Å². The summed E-state index contributed by atoms with van der Waals surface area (Å²) in [6, 6.07) is 5.11. The van der Waals surface area contributed by atoms with Gasteiger partial charge < -0.3 is 5.32 Å². The minimum absolute atomic E-state index is 0.309. The third-order valence-electron chi connectivity index (χ3n) is 2.32. The number of carbonyl (C=O) groups is 1. The van der Waals surface area contributed by atoms with Crippen molar-refractivity contribution >= 4 is 46.4 Å². The summed E-state index contributed by atoms with van der Waals surface area (Å²) < 4.78 is 0. The maximum Gasteiger partial charge on any atom is 0.258 e. The fraction of sp³-hybridized carbons (Fsp3) is 0.273. The molecule has 1 amide bonds. The van der Waals surface area contributed by atoms with E-state index in [4.69, 9.17) is 35.4 Å². The molecule has 0 bridgehead atoms. The summed E-state index contributed by atoms with van der Waals surface area (Å²) >= 11 is 16.7. The first-order chi connectivity index (χ1) is 8.06. The Morgan fingerprint density at radius 1 is 1.35 bits per heavy atom. The zero-order chi connectivity index (χ0) is 12.4. The molecule has 0 unspecified atom stereocenters. The molecule has 0 saturated heterocycles. The first-order valence-corrected chi connectivity index (χ1v) is 6.29. The van der Waals surface area contributed by atoms with Crippen molar-refractivity contribution in [3.05, 3.63) is 33.8 Å². The summed E-state index contributed by atoms with van der Waals surface area (Å²) in [6.45, 7) is 0. The van der Waals surface area contributed by atoms with E-state index in [9.17, 15) is 4.79 Å². The van der Waals surface area contributed by atoms with Gasteiger partial charge in [0.05, 0.1) is 10.6 Å². The number of hydrogen-bond acceptors (Lipinski definition) is 2. The number of amides is 1. The number of halogens is 2. The predicted octanol–water partition coefficient (Wildman–Crippen LogP) is 2.76. The SMILES string of the molecule is O=C(NC(=S)NC1CC1)c1ccc(Cl)cc1Cl. The van der Waals surface area contributed by atoms with Gasteiger partial charge in [0.25, 0.3) is 5.91 Å². The highest BCUT2D eigenvalue weighted by Crippen LogP contribution is 2.21. The second-order valence-corrected chi connectivity index (χ2v) is 5.08. The van der Waals surface area contributed by atoms with E-state index < -0.39 is 0 Å². The van der Waals surface area contributed by atoms with Gasteiger partial charge in [0, 0.05) is 11.1 Å². The van der Waals surface area contributed by atoms with Crippen LogP contribution >= 0.6 is 35.4 Å². The van der Waals surface area contributed by atoms with Crippen LogP contribution in [0.1, 0.15) is 23.2 Å². The first kappa shape index (κ1) is 12.6. The smallest absolute Gasteiger partial charge is 0.258 e. The highest BCUT2D eigenvalue weighted by molar-refractivity contribution is 7.80. The van der Waals surface area contributed by atoms with E-state index >= 15 is 0 Å². The van der Waals surface area contributed by atoms with Crippen molar-refractivity contribution in [3.63, 3.8) is 0 Å². The Balaban J connectivity index is 2.00. The average molecular weight is 289 g/mol. The van der Waals surface area contributed by atoms with Crippen LogP contribution in [-0.2, 0) is 0 Å². The zero-order valence-electron chi connectivity index (χ0n) is 8.80. The predicted molar refractivity (Wildman–Crippen MR) is 72.7 cm³/mol. The molecule has 0 spiro atoms. The monoisotopic (exact) mass is 288 g/mol. The minimum atomic E-state index is -0.329. The number of carbonyl (C=O) groups excluding carboxylic acids is 1. The van der Waals surface area contributed by atoms with Gasteiger partial charge in [0.2, 0.25) is 0 Å². The number of benzene rings is 1. The number of thiocarbonyl (C=S) groups is 1. The quantitative estimate of drug-likeness (QED) is 0.823. The van der Waals surface area contributed by atoms with Crippen LogP contribution in [0.4, 0.5) is 0 Å². The molecule has 0 heterocycles. The van der Waals surface area contributed by atoms with Gasteiger partial charge in [-0.15, -0.1) is 0 Å². The Morgan fingerprint density at radius 2 is 2.06 bits per heavy atom. The van der Waals surface area contributed by atoms with Gasteiger partial charge in [0.15, 0.2) is 5.11 Å². The third-order valence-corrected chi connectivity index (χ3v) is 3.08. The summed E-state index contributed by atoms with van der Waals surface area (Å²) in [5.41, 5.74) is 0.357. The Hall–Kier alpha value is -0.840. The van der Waals surface area contributed by atoms with Gasteiger partial charge in [-0.25, -0.2) is 0 Å². The molecule has 2 N–H and O–H groups in total. The van der Waals surface area contributed by atoms with Crippen LogP contribution in [0.3, 0.4) is 0 Å². The van der Waals surface area contributed by atoms with Crippen LogP contribution in [-0.4, -0.2) is 17.1 Å². The van der Waals surface area contributed by atoms with Crippen LogP contribution in [0.15, 0.2) is 18.2 Å². The highest BCUT2D eigenvalue weighted by Gasteiger charge is 2.22. The summed E-state index contributed by atoms with van der Waals surface area (Å²) in [5.74, 6) is -0.329. The van der Waals surface area contributed by atoms with Gasteiger partial charge in [-0.1, -0.05) is 23.2 Å². The molecule has 3 nitrogen and oxygen atoms in total. The van der Waals surface area contributed by atoms with E-state index in [1.54, 1.807) is 12.1 Å². The average Bonchev–Trinajstić information content (AvgIpc) is 3.00.